The van der Waals surface area contributed by atoms with Crippen molar-refractivity contribution in [3.05, 3.63) is 35.4 Å². The third-order valence-electron chi connectivity index (χ3n) is 3.79. The lowest BCUT2D eigenvalue weighted by molar-refractivity contribution is 0.380. The van der Waals surface area contributed by atoms with Crippen LogP contribution >= 0.6 is 11.6 Å². The Morgan fingerprint density at radius 2 is 2.14 bits per heavy atom. The van der Waals surface area contributed by atoms with Gasteiger partial charge in [0.1, 0.15) is 11.5 Å². The minimum Gasteiger partial charge on any atom is -0.467 e. The molecule has 1 aliphatic rings. The van der Waals surface area contributed by atoms with E-state index in [9.17, 15) is 0 Å². The molecule has 0 radical (unpaired) electrons. The number of ether oxygens (including phenoxy) is 1. The minimum absolute atomic E-state index is 0.336. The van der Waals surface area contributed by atoms with Crippen LogP contribution in [0.2, 0.25) is 5.02 Å². The molecule has 0 unspecified atom stereocenters. The summed E-state index contributed by atoms with van der Waals surface area (Å²) in [6.07, 6.45) is 7.48. The summed E-state index contributed by atoms with van der Waals surface area (Å²) in [6, 6.07) is 2.21. The Kier molecular flexibility index (Phi) is 3.11. The summed E-state index contributed by atoms with van der Waals surface area (Å²) in [5.41, 5.74) is 3.64. The average molecular weight is 316 g/mol. The molecule has 3 aromatic rings. The van der Waals surface area contributed by atoms with E-state index < -0.39 is 0 Å². The maximum atomic E-state index is 6.41. The standard InChI is InChI=1S/C15H14ClN5O/c1-22-15-18-6-9(7-19-15)10-8-21-13(5-11(10)16)20-12-3-2-4-17-14(12)21/h5-8,17H,2-4H2,1H3. The molecule has 0 saturated heterocycles. The highest BCUT2D eigenvalue weighted by Crippen LogP contribution is 2.32. The Bertz CT molecular complexity index is 843. The number of aryl methyl sites for hydroxylation is 1. The molecule has 4 rings (SSSR count). The van der Waals surface area contributed by atoms with E-state index in [0.717, 1.165) is 47.7 Å². The Morgan fingerprint density at radius 1 is 1.32 bits per heavy atom. The molecule has 0 bridgehead atoms. The lowest BCUT2D eigenvalue weighted by Gasteiger charge is -2.13. The first kappa shape index (κ1) is 13.3. The van der Waals surface area contributed by atoms with E-state index >= 15 is 0 Å². The highest BCUT2D eigenvalue weighted by atomic mass is 35.5. The third-order valence-corrected chi connectivity index (χ3v) is 4.10. The molecular weight excluding hydrogens is 302 g/mol. The van der Waals surface area contributed by atoms with Crippen LogP contribution in [-0.2, 0) is 6.42 Å². The van der Waals surface area contributed by atoms with Gasteiger partial charge in [-0.15, -0.1) is 0 Å². The van der Waals surface area contributed by atoms with Crippen molar-refractivity contribution in [3.8, 4) is 17.1 Å². The van der Waals surface area contributed by atoms with Crippen LogP contribution in [0.3, 0.4) is 0 Å². The molecule has 0 fully saturated rings. The lowest BCUT2D eigenvalue weighted by Crippen LogP contribution is -2.12. The molecule has 0 saturated carbocycles. The second-order valence-electron chi connectivity index (χ2n) is 5.16. The van der Waals surface area contributed by atoms with Gasteiger partial charge in [-0.3, -0.25) is 4.40 Å². The summed E-state index contributed by atoms with van der Waals surface area (Å²) in [5, 5.41) is 4.04. The molecular formula is C15H14ClN5O. The fourth-order valence-corrected chi connectivity index (χ4v) is 2.97. The van der Waals surface area contributed by atoms with E-state index in [-0.39, 0.29) is 0 Å². The summed E-state index contributed by atoms with van der Waals surface area (Å²) in [5.74, 6) is 1.05. The van der Waals surface area contributed by atoms with Gasteiger partial charge in [-0.2, -0.15) is 0 Å². The first-order chi connectivity index (χ1) is 10.8. The van der Waals surface area contributed by atoms with Crippen LogP contribution in [0.5, 0.6) is 6.01 Å². The molecule has 6 nitrogen and oxygen atoms in total. The molecule has 112 valence electrons. The summed E-state index contributed by atoms with van der Waals surface area (Å²) in [4.78, 5) is 12.9. The maximum absolute atomic E-state index is 6.41. The predicted molar refractivity (Wildman–Crippen MR) is 84.6 cm³/mol. The van der Waals surface area contributed by atoms with Crippen molar-refractivity contribution < 1.29 is 4.74 Å². The lowest BCUT2D eigenvalue weighted by atomic mass is 10.1. The van der Waals surface area contributed by atoms with Gasteiger partial charge in [0.15, 0.2) is 0 Å². The molecule has 0 aliphatic carbocycles. The quantitative estimate of drug-likeness (QED) is 0.788. The monoisotopic (exact) mass is 315 g/mol. The van der Waals surface area contributed by atoms with E-state index in [1.165, 1.54) is 7.11 Å². The first-order valence-electron chi connectivity index (χ1n) is 7.07. The smallest absolute Gasteiger partial charge is 0.316 e. The fourth-order valence-electron chi connectivity index (χ4n) is 2.71. The number of pyridine rings is 1. The van der Waals surface area contributed by atoms with Crippen molar-refractivity contribution in [1.29, 1.82) is 0 Å². The van der Waals surface area contributed by atoms with Gasteiger partial charge < -0.3 is 10.1 Å². The largest absolute Gasteiger partial charge is 0.467 e. The van der Waals surface area contributed by atoms with Gasteiger partial charge >= 0.3 is 6.01 Å². The van der Waals surface area contributed by atoms with Crippen LogP contribution in [0.4, 0.5) is 5.82 Å². The number of anilines is 1. The summed E-state index contributed by atoms with van der Waals surface area (Å²) in [6.45, 7) is 0.963. The number of imidazole rings is 1. The van der Waals surface area contributed by atoms with E-state index in [1.54, 1.807) is 12.4 Å². The molecule has 1 aliphatic heterocycles. The summed E-state index contributed by atoms with van der Waals surface area (Å²) < 4.78 is 7.03. The number of nitrogens with zero attached hydrogens (tertiary/aromatic N) is 4. The van der Waals surface area contributed by atoms with Crippen LogP contribution in [0.1, 0.15) is 12.1 Å². The van der Waals surface area contributed by atoms with Crippen molar-refractivity contribution in [2.45, 2.75) is 12.8 Å². The summed E-state index contributed by atoms with van der Waals surface area (Å²) in [7, 11) is 1.54. The van der Waals surface area contributed by atoms with E-state index in [2.05, 4.69) is 20.3 Å². The Balaban J connectivity index is 1.87. The van der Waals surface area contributed by atoms with Crippen LogP contribution < -0.4 is 10.1 Å². The molecule has 4 heterocycles. The zero-order valence-corrected chi connectivity index (χ0v) is 12.8. The third kappa shape index (κ3) is 2.07. The molecule has 3 aromatic heterocycles. The van der Waals surface area contributed by atoms with Crippen molar-refractivity contribution >= 4 is 23.1 Å². The highest BCUT2D eigenvalue weighted by molar-refractivity contribution is 6.33. The molecule has 0 atom stereocenters. The van der Waals surface area contributed by atoms with Gasteiger partial charge in [0.2, 0.25) is 0 Å². The maximum Gasteiger partial charge on any atom is 0.316 e. The molecule has 0 spiro atoms. The zero-order valence-electron chi connectivity index (χ0n) is 12.0. The topological polar surface area (TPSA) is 64.3 Å². The Hall–Kier alpha value is -2.34. The number of methoxy groups -OCH3 is 1. The highest BCUT2D eigenvalue weighted by Gasteiger charge is 2.17. The SMILES string of the molecule is COc1ncc(-c2cn3c4c(nc3cc2Cl)CCCN4)cn1. The molecule has 22 heavy (non-hydrogen) atoms. The van der Waals surface area contributed by atoms with Crippen LogP contribution in [0.25, 0.3) is 16.8 Å². The van der Waals surface area contributed by atoms with Crippen LogP contribution in [-0.4, -0.2) is 33.0 Å². The second-order valence-corrected chi connectivity index (χ2v) is 5.57. The van der Waals surface area contributed by atoms with Gasteiger partial charge in [-0.25, -0.2) is 15.0 Å². The number of hydrogen-bond donors (Lipinski definition) is 1. The number of aromatic nitrogens is 4. The fraction of sp³-hybridized carbons (Fsp3) is 0.267. The number of nitrogens with one attached hydrogen (secondary N) is 1. The van der Waals surface area contributed by atoms with Gasteiger partial charge in [0.05, 0.1) is 17.8 Å². The van der Waals surface area contributed by atoms with Crippen molar-refractivity contribution in [2.75, 3.05) is 19.0 Å². The van der Waals surface area contributed by atoms with Crippen LogP contribution in [0.15, 0.2) is 24.7 Å². The van der Waals surface area contributed by atoms with Gasteiger partial charge in [-0.05, 0) is 12.8 Å². The predicted octanol–water partition coefficient (Wildman–Crippen LogP) is 2.81. The molecule has 0 amide bonds. The number of rotatable bonds is 2. The van der Waals surface area contributed by atoms with Gasteiger partial charge in [0, 0.05) is 42.3 Å². The first-order valence-corrected chi connectivity index (χ1v) is 7.45. The van der Waals surface area contributed by atoms with Crippen molar-refractivity contribution in [1.82, 2.24) is 19.4 Å². The zero-order chi connectivity index (χ0) is 15.1. The number of halogens is 1. The number of hydrogen-bond acceptors (Lipinski definition) is 5. The van der Waals surface area contributed by atoms with E-state index in [0.29, 0.717) is 11.0 Å². The second kappa shape index (κ2) is 5.14. The normalized spacial score (nSPS) is 13.7. The summed E-state index contributed by atoms with van der Waals surface area (Å²) >= 11 is 6.41. The van der Waals surface area contributed by atoms with Crippen LogP contribution in [0, 0.1) is 0 Å². The molecule has 1 N–H and O–H groups in total. The van der Waals surface area contributed by atoms with Gasteiger partial charge in [-0.1, -0.05) is 11.6 Å². The van der Waals surface area contributed by atoms with Gasteiger partial charge in [0.25, 0.3) is 0 Å². The number of fused-ring (bicyclic) bond motifs is 3. The molecule has 7 heteroatoms. The Morgan fingerprint density at radius 3 is 2.91 bits per heavy atom. The Labute approximate surface area is 132 Å². The van der Waals surface area contributed by atoms with Crippen molar-refractivity contribution in [3.63, 3.8) is 0 Å². The molecule has 0 aromatic carbocycles. The minimum atomic E-state index is 0.336. The van der Waals surface area contributed by atoms with E-state index in [1.807, 2.05) is 16.7 Å². The van der Waals surface area contributed by atoms with E-state index in [4.69, 9.17) is 16.3 Å². The average Bonchev–Trinajstić information content (AvgIpc) is 2.91. The van der Waals surface area contributed by atoms with Crippen molar-refractivity contribution in [2.24, 2.45) is 0 Å².